The Kier molecular flexibility index (Phi) is 9.00. The molecule has 3 rings (SSSR count). The number of hydrogen-bond donors (Lipinski definition) is 3. The first-order valence-electron chi connectivity index (χ1n) is 10.9. The second kappa shape index (κ2) is 11.7. The molecule has 32 heavy (non-hydrogen) atoms. The molecule has 2 aliphatic heterocycles. The summed E-state index contributed by atoms with van der Waals surface area (Å²) in [6, 6.07) is 1.38. The number of alkyl halides is 1. The van der Waals surface area contributed by atoms with E-state index in [1.165, 1.54) is 5.01 Å². The van der Waals surface area contributed by atoms with Crippen LogP contribution in [0.25, 0.3) is 0 Å². The highest BCUT2D eigenvalue weighted by molar-refractivity contribution is 6.21. The topological polar surface area (TPSA) is 128 Å². The number of rotatable bonds is 9. The summed E-state index contributed by atoms with van der Waals surface area (Å²) in [5.74, 6) is -1.01. The van der Waals surface area contributed by atoms with E-state index in [0.717, 1.165) is 38.4 Å². The maximum absolute atomic E-state index is 13.3. The van der Waals surface area contributed by atoms with Gasteiger partial charge in [-0.15, -0.1) is 16.5 Å². The van der Waals surface area contributed by atoms with E-state index >= 15 is 0 Å². The van der Waals surface area contributed by atoms with Crippen LogP contribution in [0.2, 0.25) is 0 Å². The average Bonchev–Trinajstić information content (AvgIpc) is 2.79. The highest BCUT2D eigenvalue weighted by Crippen LogP contribution is 2.27. The summed E-state index contributed by atoms with van der Waals surface area (Å²) in [7, 11) is 1.71. The summed E-state index contributed by atoms with van der Waals surface area (Å²) >= 11 is 6.14. The molecule has 0 saturated carbocycles. The first kappa shape index (κ1) is 24.6. The van der Waals surface area contributed by atoms with Gasteiger partial charge in [0.15, 0.2) is 0 Å². The number of hydrogen-bond acceptors (Lipinski definition) is 9. The molecule has 1 amide bonds. The molecule has 1 aromatic rings. The number of methoxy groups -OCH3 is 1. The molecular weight excluding hydrogens is 436 g/mol. The molecule has 11 nitrogen and oxygen atoms in total. The van der Waals surface area contributed by atoms with E-state index in [-0.39, 0.29) is 17.8 Å². The van der Waals surface area contributed by atoms with Gasteiger partial charge in [0.25, 0.3) is 0 Å². The molecule has 178 valence electrons. The van der Waals surface area contributed by atoms with Crippen molar-refractivity contribution in [3.05, 3.63) is 23.4 Å². The standard InChI is InChI=1S/C20H33ClN8O3/c1-14(22)18(19-24-11-15(21)13-29(19)26-31)20(30)25-16-12-23-4-3-17(16)28-7-5-27(6-8-28)9-10-32-2/h3-4,12,14-15,18-19,24H,5-11,13,22H2,1-2H3,(H,25,30). The number of piperazine rings is 1. The van der Waals surface area contributed by atoms with Gasteiger partial charge in [-0.2, -0.15) is 0 Å². The minimum absolute atomic E-state index is 0.255. The van der Waals surface area contributed by atoms with Crippen LogP contribution in [0.3, 0.4) is 0 Å². The van der Waals surface area contributed by atoms with Gasteiger partial charge in [0.05, 0.1) is 47.3 Å². The zero-order valence-corrected chi connectivity index (χ0v) is 19.4. The minimum Gasteiger partial charge on any atom is -0.383 e. The first-order chi connectivity index (χ1) is 15.4. The molecule has 4 N–H and O–H groups in total. The number of aromatic nitrogens is 1. The summed E-state index contributed by atoms with van der Waals surface area (Å²) in [6.45, 7) is 7.55. The summed E-state index contributed by atoms with van der Waals surface area (Å²) in [6.07, 6.45) is 2.72. The van der Waals surface area contributed by atoms with Crippen LogP contribution in [0.15, 0.2) is 23.7 Å². The van der Waals surface area contributed by atoms with Crippen LogP contribution in [-0.4, -0.2) is 97.9 Å². The summed E-state index contributed by atoms with van der Waals surface area (Å²) in [5, 5.41) is 10.2. The van der Waals surface area contributed by atoms with Gasteiger partial charge in [0.1, 0.15) is 6.17 Å². The van der Waals surface area contributed by atoms with Gasteiger partial charge in [0, 0.05) is 58.6 Å². The van der Waals surface area contributed by atoms with Crippen molar-refractivity contribution in [1.82, 2.24) is 20.2 Å². The Morgan fingerprint density at radius 2 is 2.19 bits per heavy atom. The monoisotopic (exact) mass is 468 g/mol. The Bertz CT molecular complexity index is 762. The molecule has 0 radical (unpaired) electrons. The summed E-state index contributed by atoms with van der Waals surface area (Å²) < 4.78 is 5.17. The second-order valence-electron chi connectivity index (χ2n) is 8.24. The second-order valence-corrected chi connectivity index (χ2v) is 8.86. The van der Waals surface area contributed by atoms with E-state index < -0.39 is 18.1 Å². The highest BCUT2D eigenvalue weighted by atomic mass is 35.5. The summed E-state index contributed by atoms with van der Waals surface area (Å²) in [4.78, 5) is 33.4. The van der Waals surface area contributed by atoms with E-state index in [9.17, 15) is 9.70 Å². The molecule has 0 spiro atoms. The molecule has 2 saturated heterocycles. The Balaban J connectivity index is 1.71. The van der Waals surface area contributed by atoms with Crippen molar-refractivity contribution in [2.75, 3.05) is 69.7 Å². The molecular formula is C20H33ClN8O3. The molecule has 4 atom stereocenters. The number of carbonyl (C=O) groups excluding carboxylic acids is 1. The molecule has 0 aromatic carbocycles. The van der Waals surface area contributed by atoms with Crippen LogP contribution in [0.5, 0.6) is 0 Å². The Labute approximate surface area is 193 Å². The number of pyridine rings is 1. The van der Waals surface area contributed by atoms with Crippen LogP contribution in [-0.2, 0) is 9.53 Å². The number of nitrogens with two attached hydrogens (primary N) is 1. The molecule has 2 fully saturated rings. The van der Waals surface area contributed by atoms with Crippen molar-refractivity contribution in [2.45, 2.75) is 24.5 Å². The number of carbonyl (C=O) groups is 1. The van der Waals surface area contributed by atoms with Gasteiger partial charge in [-0.05, 0) is 13.0 Å². The van der Waals surface area contributed by atoms with Crippen LogP contribution < -0.4 is 21.3 Å². The van der Waals surface area contributed by atoms with Crippen molar-refractivity contribution in [1.29, 1.82) is 0 Å². The fraction of sp³-hybridized carbons (Fsp3) is 0.700. The molecule has 4 unspecified atom stereocenters. The zero-order valence-electron chi connectivity index (χ0n) is 18.6. The number of nitrogens with one attached hydrogen (secondary N) is 2. The SMILES string of the molecule is COCCN1CCN(c2ccncc2NC(=O)C(C(C)N)C2NCC(Cl)CN2N=O)CC1. The minimum atomic E-state index is -0.712. The first-order valence-corrected chi connectivity index (χ1v) is 11.3. The van der Waals surface area contributed by atoms with Crippen molar-refractivity contribution in [3.8, 4) is 0 Å². The fourth-order valence-corrected chi connectivity index (χ4v) is 4.44. The molecule has 0 aliphatic carbocycles. The lowest BCUT2D eigenvalue weighted by molar-refractivity contribution is -0.123. The third kappa shape index (κ3) is 6.04. The van der Waals surface area contributed by atoms with Crippen molar-refractivity contribution in [3.63, 3.8) is 0 Å². The highest BCUT2D eigenvalue weighted by Gasteiger charge is 2.39. The van der Waals surface area contributed by atoms with Crippen molar-refractivity contribution >= 4 is 28.9 Å². The molecule has 3 heterocycles. The van der Waals surface area contributed by atoms with E-state index in [1.54, 1.807) is 26.4 Å². The van der Waals surface area contributed by atoms with Gasteiger partial charge in [0.2, 0.25) is 5.91 Å². The number of amides is 1. The maximum Gasteiger partial charge on any atom is 0.232 e. The molecule has 0 bridgehead atoms. The normalized spacial score (nSPS) is 24.1. The van der Waals surface area contributed by atoms with E-state index in [2.05, 4.69) is 30.7 Å². The number of halogens is 1. The van der Waals surface area contributed by atoms with Crippen LogP contribution in [0.4, 0.5) is 11.4 Å². The van der Waals surface area contributed by atoms with Gasteiger partial charge >= 0.3 is 0 Å². The number of nitrogens with zero attached hydrogens (tertiary/aromatic N) is 5. The number of anilines is 2. The van der Waals surface area contributed by atoms with Gasteiger partial charge in [-0.25, -0.2) is 5.01 Å². The van der Waals surface area contributed by atoms with Crippen molar-refractivity contribution < 1.29 is 9.53 Å². The van der Waals surface area contributed by atoms with Crippen LogP contribution in [0.1, 0.15) is 6.92 Å². The number of ether oxygens (including phenoxy) is 1. The Morgan fingerprint density at radius 3 is 2.84 bits per heavy atom. The van der Waals surface area contributed by atoms with Gasteiger partial charge in [-0.3, -0.25) is 20.0 Å². The van der Waals surface area contributed by atoms with Crippen molar-refractivity contribution in [2.24, 2.45) is 16.9 Å². The third-order valence-corrected chi connectivity index (χ3v) is 6.24. The quantitative estimate of drug-likeness (QED) is 0.345. The molecule has 12 heteroatoms. The Morgan fingerprint density at radius 1 is 1.44 bits per heavy atom. The Hall–Kier alpha value is -2.05. The lowest BCUT2D eigenvalue weighted by Crippen LogP contribution is -2.62. The largest absolute Gasteiger partial charge is 0.383 e. The molecule has 2 aliphatic rings. The van der Waals surface area contributed by atoms with Gasteiger partial charge < -0.3 is 20.7 Å². The fourth-order valence-electron chi connectivity index (χ4n) is 4.21. The smallest absolute Gasteiger partial charge is 0.232 e. The lowest BCUT2D eigenvalue weighted by atomic mass is 9.95. The summed E-state index contributed by atoms with van der Waals surface area (Å²) in [5.41, 5.74) is 7.69. The number of nitroso groups, excluding NO2 is 1. The van der Waals surface area contributed by atoms with E-state index in [1.807, 2.05) is 6.07 Å². The average molecular weight is 469 g/mol. The lowest BCUT2D eigenvalue weighted by Gasteiger charge is -2.40. The third-order valence-electron chi connectivity index (χ3n) is 5.95. The zero-order chi connectivity index (χ0) is 23.1. The molecule has 1 aromatic heterocycles. The van der Waals surface area contributed by atoms with Crippen LogP contribution in [0, 0.1) is 10.8 Å². The van der Waals surface area contributed by atoms with E-state index in [4.69, 9.17) is 22.1 Å². The predicted octanol–water partition coefficient (Wildman–Crippen LogP) is 0.272. The van der Waals surface area contributed by atoms with E-state index in [0.29, 0.717) is 18.8 Å². The predicted molar refractivity (Wildman–Crippen MR) is 124 cm³/mol. The van der Waals surface area contributed by atoms with Crippen LogP contribution >= 0.6 is 11.6 Å². The van der Waals surface area contributed by atoms with Gasteiger partial charge in [-0.1, -0.05) is 0 Å². The maximum atomic E-state index is 13.3.